The summed E-state index contributed by atoms with van der Waals surface area (Å²) < 4.78 is 7.34. The van der Waals surface area contributed by atoms with E-state index in [9.17, 15) is 9.59 Å². The molecule has 0 N–H and O–H groups in total. The van der Waals surface area contributed by atoms with Gasteiger partial charge in [-0.05, 0) is 30.5 Å². The maximum Gasteiger partial charge on any atom is 0.258 e. The van der Waals surface area contributed by atoms with Gasteiger partial charge in [-0.1, -0.05) is 23.7 Å². The SMILES string of the molecule is O=C1[C@@H]2[C@H](C(=O)N1c1ncn(Cc3ccc(Cl)cc3)n1)[C@H]1CC[C@H]2O1. The predicted molar refractivity (Wildman–Crippen MR) is 87.9 cm³/mol. The third-order valence-corrected chi connectivity index (χ3v) is 5.52. The number of aromatic nitrogens is 3. The predicted octanol–water partition coefficient (Wildman–Crippen LogP) is 1.65. The van der Waals surface area contributed by atoms with Gasteiger partial charge in [-0.2, -0.15) is 4.98 Å². The van der Waals surface area contributed by atoms with Gasteiger partial charge in [-0.15, -0.1) is 5.10 Å². The lowest BCUT2D eigenvalue weighted by Gasteiger charge is -2.14. The Kier molecular flexibility index (Phi) is 3.23. The lowest BCUT2D eigenvalue weighted by Crippen LogP contribution is -2.35. The average molecular weight is 359 g/mol. The Morgan fingerprint density at radius 1 is 1.08 bits per heavy atom. The van der Waals surface area contributed by atoms with Crippen LogP contribution in [0.3, 0.4) is 0 Å². The fourth-order valence-corrected chi connectivity index (χ4v) is 4.28. The summed E-state index contributed by atoms with van der Waals surface area (Å²) in [5, 5.41) is 4.99. The van der Waals surface area contributed by atoms with Crippen molar-refractivity contribution in [3.05, 3.63) is 41.2 Å². The highest BCUT2D eigenvalue weighted by molar-refractivity contribution is 6.30. The summed E-state index contributed by atoms with van der Waals surface area (Å²) in [6, 6.07) is 7.41. The van der Waals surface area contributed by atoms with Crippen LogP contribution in [0.25, 0.3) is 0 Å². The van der Waals surface area contributed by atoms with Crippen molar-refractivity contribution in [3.8, 4) is 0 Å². The summed E-state index contributed by atoms with van der Waals surface area (Å²) in [5.74, 6) is -1.04. The quantitative estimate of drug-likeness (QED) is 0.780. The number of halogens is 1. The molecule has 3 fully saturated rings. The lowest BCUT2D eigenvalue weighted by atomic mass is 9.81. The van der Waals surface area contributed by atoms with Gasteiger partial charge in [0.25, 0.3) is 5.95 Å². The normalized spacial score (nSPS) is 30.4. The second kappa shape index (κ2) is 5.37. The molecular weight excluding hydrogens is 344 g/mol. The molecular formula is C17H15ClN4O3. The molecule has 7 nitrogen and oxygen atoms in total. The van der Waals surface area contributed by atoms with Crippen molar-refractivity contribution < 1.29 is 14.3 Å². The van der Waals surface area contributed by atoms with Gasteiger partial charge in [0.15, 0.2) is 0 Å². The van der Waals surface area contributed by atoms with Crippen LogP contribution in [0.1, 0.15) is 18.4 Å². The van der Waals surface area contributed by atoms with E-state index in [1.165, 1.54) is 6.33 Å². The summed E-state index contributed by atoms with van der Waals surface area (Å²) in [6.45, 7) is 0.488. The largest absolute Gasteiger partial charge is 0.373 e. The molecule has 4 atom stereocenters. The molecule has 2 aromatic rings. The van der Waals surface area contributed by atoms with Crippen molar-refractivity contribution in [3.63, 3.8) is 0 Å². The lowest BCUT2D eigenvalue weighted by molar-refractivity contribution is -0.124. The molecule has 1 aromatic heterocycles. The Morgan fingerprint density at radius 2 is 1.72 bits per heavy atom. The Bertz CT molecular complexity index is 837. The summed E-state index contributed by atoms with van der Waals surface area (Å²) in [5.41, 5.74) is 1.00. The molecule has 25 heavy (non-hydrogen) atoms. The van der Waals surface area contributed by atoms with E-state index in [2.05, 4.69) is 10.1 Å². The fourth-order valence-electron chi connectivity index (χ4n) is 4.15. The number of carbonyl (C=O) groups is 2. The molecule has 0 radical (unpaired) electrons. The number of rotatable bonds is 3. The van der Waals surface area contributed by atoms with E-state index in [-0.39, 0.29) is 41.8 Å². The topological polar surface area (TPSA) is 77.3 Å². The second-order valence-corrected chi connectivity index (χ2v) is 7.16. The Morgan fingerprint density at radius 3 is 2.36 bits per heavy atom. The Labute approximate surface area is 148 Å². The minimum atomic E-state index is -0.366. The molecule has 0 spiro atoms. The number of imide groups is 1. The molecule has 3 aliphatic rings. The number of fused-ring (bicyclic) bond motifs is 5. The van der Waals surface area contributed by atoms with Gasteiger partial charge >= 0.3 is 0 Å². The molecule has 4 heterocycles. The Hall–Kier alpha value is -2.25. The van der Waals surface area contributed by atoms with Crippen molar-refractivity contribution in [2.24, 2.45) is 11.8 Å². The van der Waals surface area contributed by atoms with E-state index in [4.69, 9.17) is 16.3 Å². The first-order valence-corrected chi connectivity index (χ1v) is 8.67. The van der Waals surface area contributed by atoms with E-state index >= 15 is 0 Å². The third-order valence-electron chi connectivity index (χ3n) is 5.27. The van der Waals surface area contributed by atoms with Crippen LogP contribution in [-0.2, 0) is 20.9 Å². The van der Waals surface area contributed by atoms with Crippen LogP contribution >= 0.6 is 11.6 Å². The van der Waals surface area contributed by atoms with Gasteiger partial charge < -0.3 is 4.74 Å². The summed E-state index contributed by atoms with van der Waals surface area (Å²) >= 11 is 5.89. The number of benzene rings is 1. The molecule has 128 valence electrons. The van der Waals surface area contributed by atoms with Gasteiger partial charge in [0.2, 0.25) is 11.8 Å². The van der Waals surface area contributed by atoms with Gasteiger partial charge in [0.1, 0.15) is 6.33 Å². The molecule has 3 aliphatic heterocycles. The van der Waals surface area contributed by atoms with E-state index in [0.29, 0.717) is 11.6 Å². The molecule has 2 amide bonds. The first kappa shape index (κ1) is 15.0. The van der Waals surface area contributed by atoms with Crippen LogP contribution in [0, 0.1) is 11.8 Å². The zero-order valence-corrected chi connectivity index (χ0v) is 14.0. The smallest absolute Gasteiger partial charge is 0.258 e. The molecule has 0 aliphatic carbocycles. The van der Waals surface area contributed by atoms with E-state index in [0.717, 1.165) is 23.3 Å². The van der Waals surface area contributed by atoms with Crippen molar-refractivity contribution in [2.45, 2.75) is 31.6 Å². The summed E-state index contributed by atoms with van der Waals surface area (Å²) in [6.07, 6.45) is 2.96. The molecule has 5 rings (SSSR count). The van der Waals surface area contributed by atoms with Crippen molar-refractivity contribution in [1.82, 2.24) is 14.8 Å². The van der Waals surface area contributed by atoms with Crippen molar-refractivity contribution in [1.29, 1.82) is 0 Å². The standard InChI is InChI=1S/C17H15ClN4O3/c18-10-3-1-9(2-4-10)7-21-8-19-17(20-21)22-15(23)13-11-5-6-12(25-11)14(13)16(22)24/h1-4,8,11-14H,5-7H2/t11-,12-,13-,14+/m1/s1. The number of carbonyl (C=O) groups excluding carboxylic acids is 2. The van der Waals surface area contributed by atoms with Crippen LogP contribution in [0.4, 0.5) is 5.95 Å². The minimum absolute atomic E-state index is 0.132. The monoisotopic (exact) mass is 358 g/mol. The van der Waals surface area contributed by atoms with E-state index in [1.54, 1.807) is 16.8 Å². The number of hydrogen-bond donors (Lipinski definition) is 0. The molecule has 1 aromatic carbocycles. The van der Waals surface area contributed by atoms with Gasteiger partial charge in [0, 0.05) is 5.02 Å². The van der Waals surface area contributed by atoms with Gasteiger partial charge in [-0.25, -0.2) is 9.58 Å². The van der Waals surface area contributed by atoms with Gasteiger partial charge in [0.05, 0.1) is 30.6 Å². The van der Waals surface area contributed by atoms with Crippen molar-refractivity contribution in [2.75, 3.05) is 4.90 Å². The van der Waals surface area contributed by atoms with E-state index in [1.807, 2.05) is 12.1 Å². The second-order valence-electron chi connectivity index (χ2n) is 6.72. The first-order chi connectivity index (χ1) is 12.1. The van der Waals surface area contributed by atoms with Crippen LogP contribution < -0.4 is 4.90 Å². The number of ether oxygens (including phenoxy) is 1. The molecule has 2 bridgehead atoms. The average Bonchev–Trinajstić information content (AvgIpc) is 3.35. The van der Waals surface area contributed by atoms with E-state index < -0.39 is 0 Å². The fraction of sp³-hybridized carbons (Fsp3) is 0.412. The zero-order valence-electron chi connectivity index (χ0n) is 13.2. The zero-order chi connectivity index (χ0) is 17.1. The molecule has 0 unspecified atom stereocenters. The third kappa shape index (κ3) is 2.22. The highest BCUT2D eigenvalue weighted by Gasteiger charge is 2.63. The van der Waals surface area contributed by atoms with Gasteiger partial charge in [-0.3, -0.25) is 9.59 Å². The maximum absolute atomic E-state index is 12.7. The number of amides is 2. The molecule has 3 saturated heterocycles. The number of anilines is 1. The minimum Gasteiger partial charge on any atom is -0.373 e. The van der Waals surface area contributed by atoms with Crippen molar-refractivity contribution >= 4 is 29.4 Å². The first-order valence-electron chi connectivity index (χ1n) is 8.29. The maximum atomic E-state index is 12.7. The van der Waals surface area contributed by atoms with Crippen LogP contribution in [0.15, 0.2) is 30.6 Å². The molecule has 8 heteroatoms. The number of hydrogen-bond acceptors (Lipinski definition) is 5. The molecule has 0 saturated carbocycles. The Balaban J connectivity index is 1.39. The van der Waals surface area contributed by atoms with Crippen LogP contribution in [0.5, 0.6) is 0 Å². The van der Waals surface area contributed by atoms with Crippen LogP contribution in [-0.4, -0.2) is 38.8 Å². The summed E-state index contributed by atoms with van der Waals surface area (Å²) in [4.78, 5) is 30.7. The summed E-state index contributed by atoms with van der Waals surface area (Å²) in [7, 11) is 0. The highest BCUT2D eigenvalue weighted by Crippen LogP contribution is 2.48. The highest BCUT2D eigenvalue weighted by atomic mass is 35.5. The van der Waals surface area contributed by atoms with Crippen LogP contribution in [0.2, 0.25) is 5.02 Å². The number of nitrogens with zero attached hydrogens (tertiary/aromatic N) is 4.